The van der Waals surface area contributed by atoms with Crippen molar-refractivity contribution in [3.05, 3.63) is 33.6 Å². The Morgan fingerprint density at radius 2 is 2.00 bits per heavy atom. The largest absolute Gasteiger partial charge is 0.434 e. The quantitative estimate of drug-likeness (QED) is 0.414. The molecule has 0 unspecified atom stereocenters. The van der Waals surface area contributed by atoms with Gasteiger partial charge in [0.1, 0.15) is 12.4 Å². The van der Waals surface area contributed by atoms with Crippen LogP contribution in [0.5, 0.6) is 0 Å². The number of rotatable bonds is 6. The van der Waals surface area contributed by atoms with Crippen LogP contribution in [0.1, 0.15) is 5.69 Å². The first-order chi connectivity index (χ1) is 11.5. The van der Waals surface area contributed by atoms with E-state index in [0.717, 1.165) is 12.2 Å². The Labute approximate surface area is 158 Å². The minimum atomic E-state index is -4.56. The molecule has 25 heavy (non-hydrogen) atoms. The van der Waals surface area contributed by atoms with Gasteiger partial charge in [-0.25, -0.2) is 4.98 Å². The third-order valence-corrected chi connectivity index (χ3v) is 5.74. The van der Waals surface area contributed by atoms with Gasteiger partial charge in [0.25, 0.3) is 0 Å². The van der Waals surface area contributed by atoms with E-state index >= 15 is 0 Å². The SMILES string of the molecule is C[Si](C)(C)CCOCn1cc(C(F)(F)F)nc1-c1ncc(Br)cc1Cl. The van der Waals surface area contributed by atoms with E-state index in [1.807, 2.05) is 0 Å². The fourth-order valence-corrected chi connectivity index (χ4v) is 3.43. The Kier molecular flexibility index (Phi) is 6.34. The van der Waals surface area contributed by atoms with Crippen LogP contribution in [-0.4, -0.2) is 29.2 Å². The summed E-state index contributed by atoms with van der Waals surface area (Å²) < 4.78 is 46.6. The van der Waals surface area contributed by atoms with E-state index in [1.165, 1.54) is 10.8 Å². The van der Waals surface area contributed by atoms with Gasteiger partial charge in [-0.15, -0.1) is 0 Å². The van der Waals surface area contributed by atoms with E-state index in [0.29, 0.717) is 11.1 Å². The highest BCUT2D eigenvalue weighted by Gasteiger charge is 2.35. The Bertz CT molecular complexity index is 747. The van der Waals surface area contributed by atoms with Crippen LogP contribution in [0, 0.1) is 0 Å². The number of pyridine rings is 1. The molecule has 138 valence electrons. The zero-order chi connectivity index (χ0) is 18.8. The molecular formula is C15H18BrClF3N3OSi. The maximum Gasteiger partial charge on any atom is 0.434 e. The standard InChI is InChI=1S/C15H18BrClF3N3OSi/c1-25(2,3)5-4-24-9-23-8-12(15(18,19)20)22-14(23)13-11(17)6-10(16)7-21-13/h6-8H,4-5,9H2,1-3H3. The highest BCUT2D eigenvalue weighted by Crippen LogP contribution is 2.33. The van der Waals surface area contributed by atoms with E-state index in [4.69, 9.17) is 16.3 Å². The van der Waals surface area contributed by atoms with Crippen molar-refractivity contribution in [2.24, 2.45) is 0 Å². The minimum absolute atomic E-state index is 0.0258. The van der Waals surface area contributed by atoms with Gasteiger partial charge in [0, 0.05) is 31.5 Å². The zero-order valence-corrected chi connectivity index (χ0v) is 17.3. The number of hydrogen-bond acceptors (Lipinski definition) is 3. The molecule has 10 heteroatoms. The maximum absolute atomic E-state index is 13.0. The number of alkyl halides is 3. The second-order valence-corrected chi connectivity index (χ2v) is 13.7. The van der Waals surface area contributed by atoms with Crippen molar-refractivity contribution in [1.82, 2.24) is 14.5 Å². The smallest absolute Gasteiger partial charge is 0.361 e. The molecule has 0 spiro atoms. The first-order valence-electron chi connectivity index (χ1n) is 7.51. The molecule has 2 rings (SSSR count). The summed E-state index contributed by atoms with van der Waals surface area (Å²) in [6.45, 7) is 7.04. The van der Waals surface area contributed by atoms with Crippen LogP contribution in [0.2, 0.25) is 30.7 Å². The summed E-state index contributed by atoms with van der Waals surface area (Å²) in [7, 11) is -1.28. The predicted molar refractivity (Wildman–Crippen MR) is 97.3 cm³/mol. The summed E-state index contributed by atoms with van der Waals surface area (Å²) in [5.41, 5.74) is -0.828. The molecular weight excluding hydrogens is 439 g/mol. The van der Waals surface area contributed by atoms with Gasteiger partial charge >= 0.3 is 6.18 Å². The van der Waals surface area contributed by atoms with Crippen molar-refractivity contribution >= 4 is 35.6 Å². The Morgan fingerprint density at radius 3 is 2.56 bits per heavy atom. The molecule has 0 atom stereocenters. The van der Waals surface area contributed by atoms with Crippen molar-refractivity contribution in [2.75, 3.05) is 6.61 Å². The predicted octanol–water partition coefficient (Wildman–Crippen LogP) is 5.69. The van der Waals surface area contributed by atoms with Gasteiger partial charge in [-0.2, -0.15) is 13.2 Å². The molecule has 4 nitrogen and oxygen atoms in total. The Morgan fingerprint density at radius 1 is 1.32 bits per heavy atom. The number of nitrogens with zero attached hydrogens (tertiary/aromatic N) is 3. The van der Waals surface area contributed by atoms with Crippen LogP contribution >= 0.6 is 27.5 Å². The molecule has 0 saturated heterocycles. The van der Waals surface area contributed by atoms with E-state index in [-0.39, 0.29) is 23.3 Å². The average Bonchev–Trinajstić information content (AvgIpc) is 2.86. The van der Waals surface area contributed by atoms with Crippen LogP contribution in [0.15, 0.2) is 22.9 Å². The van der Waals surface area contributed by atoms with E-state index < -0.39 is 19.9 Å². The van der Waals surface area contributed by atoms with Gasteiger partial charge < -0.3 is 9.30 Å². The number of halogens is 5. The van der Waals surface area contributed by atoms with Crippen LogP contribution in [0.25, 0.3) is 11.5 Å². The second-order valence-electron chi connectivity index (χ2n) is 6.75. The fraction of sp³-hybridized carbons (Fsp3) is 0.467. The number of hydrogen-bond donors (Lipinski definition) is 0. The third kappa shape index (κ3) is 5.80. The van der Waals surface area contributed by atoms with Crippen molar-refractivity contribution in [3.8, 4) is 11.5 Å². The molecule has 0 aliphatic carbocycles. The molecule has 0 radical (unpaired) electrons. The lowest BCUT2D eigenvalue weighted by molar-refractivity contribution is -0.141. The van der Waals surface area contributed by atoms with E-state index in [2.05, 4.69) is 45.5 Å². The normalized spacial score (nSPS) is 12.6. The minimum Gasteiger partial charge on any atom is -0.361 e. The van der Waals surface area contributed by atoms with Gasteiger partial charge in [0.2, 0.25) is 0 Å². The Balaban J connectivity index is 2.29. The van der Waals surface area contributed by atoms with Crippen LogP contribution in [-0.2, 0) is 17.6 Å². The first-order valence-corrected chi connectivity index (χ1v) is 12.4. The molecule has 2 aromatic heterocycles. The maximum atomic E-state index is 13.0. The molecule has 0 saturated carbocycles. The molecule has 0 aliphatic heterocycles. The van der Waals surface area contributed by atoms with Crippen LogP contribution < -0.4 is 0 Å². The zero-order valence-electron chi connectivity index (χ0n) is 14.0. The van der Waals surface area contributed by atoms with Gasteiger partial charge in [0.15, 0.2) is 11.5 Å². The lowest BCUT2D eigenvalue weighted by Crippen LogP contribution is -2.22. The lowest BCUT2D eigenvalue weighted by atomic mass is 10.3. The topological polar surface area (TPSA) is 39.9 Å². The molecule has 0 aliphatic rings. The van der Waals surface area contributed by atoms with Crippen molar-refractivity contribution in [2.45, 2.75) is 38.6 Å². The Hall–Kier alpha value is -0.903. The lowest BCUT2D eigenvalue weighted by Gasteiger charge is -2.16. The average molecular weight is 457 g/mol. The van der Waals surface area contributed by atoms with Crippen LogP contribution in [0.3, 0.4) is 0 Å². The van der Waals surface area contributed by atoms with Gasteiger partial charge in [-0.05, 0) is 28.0 Å². The molecule has 0 amide bonds. The number of aromatic nitrogens is 3. The van der Waals surface area contributed by atoms with Crippen molar-refractivity contribution in [3.63, 3.8) is 0 Å². The fourth-order valence-electron chi connectivity index (χ4n) is 1.96. The van der Waals surface area contributed by atoms with E-state index in [1.54, 1.807) is 6.07 Å². The molecule has 0 bridgehead atoms. The second kappa shape index (κ2) is 7.77. The number of ether oxygens (including phenoxy) is 1. The first kappa shape index (κ1) is 20.4. The summed E-state index contributed by atoms with van der Waals surface area (Å²) in [6, 6.07) is 2.47. The highest BCUT2D eigenvalue weighted by atomic mass is 79.9. The van der Waals surface area contributed by atoms with Crippen molar-refractivity contribution < 1.29 is 17.9 Å². The van der Waals surface area contributed by atoms with Gasteiger partial charge in [0.05, 0.1) is 5.02 Å². The summed E-state index contributed by atoms with van der Waals surface area (Å²) in [5, 5.41) is 0.206. The van der Waals surface area contributed by atoms with Crippen molar-refractivity contribution in [1.29, 1.82) is 0 Å². The molecule has 2 aromatic rings. The third-order valence-electron chi connectivity index (χ3n) is 3.31. The molecule has 0 fully saturated rings. The summed E-state index contributed by atoms with van der Waals surface area (Å²) in [5.74, 6) is 0.0258. The highest BCUT2D eigenvalue weighted by molar-refractivity contribution is 9.10. The summed E-state index contributed by atoms with van der Waals surface area (Å²) in [4.78, 5) is 7.77. The summed E-state index contributed by atoms with van der Waals surface area (Å²) in [6.07, 6.45) is -2.18. The molecule has 0 aromatic carbocycles. The van der Waals surface area contributed by atoms with E-state index in [9.17, 15) is 13.2 Å². The summed E-state index contributed by atoms with van der Waals surface area (Å²) >= 11 is 9.34. The van der Waals surface area contributed by atoms with Gasteiger partial charge in [-0.1, -0.05) is 31.2 Å². The number of imidazole rings is 1. The molecule has 0 N–H and O–H groups in total. The monoisotopic (exact) mass is 455 g/mol. The van der Waals surface area contributed by atoms with Gasteiger partial charge in [-0.3, -0.25) is 4.98 Å². The molecule has 2 heterocycles. The van der Waals surface area contributed by atoms with Crippen LogP contribution in [0.4, 0.5) is 13.2 Å².